The molecule has 0 saturated heterocycles. The summed E-state index contributed by atoms with van der Waals surface area (Å²) in [6.45, 7) is 5.04. The van der Waals surface area contributed by atoms with E-state index >= 15 is 0 Å². The lowest BCUT2D eigenvalue weighted by Gasteiger charge is -2.10. The largest absolute Gasteiger partial charge is 0.377 e. The molecule has 0 amide bonds. The van der Waals surface area contributed by atoms with Crippen LogP contribution in [0.25, 0.3) is 0 Å². The lowest BCUT2D eigenvalue weighted by molar-refractivity contribution is 0.157. The molecule has 0 heterocycles. The molecule has 0 aliphatic rings. The monoisotopic (exact) mass is 362 g/mol. The van der Waals surface area contributed by atoms with Crippen molar-refractivity contribution in [3.63, 3.8) is 0 Å². The van der Waals surface area contributed by atoms with Crippen LogP contribution in [0.3, 0.4) is 0 Å². The SMILES string of the molecule is C=CCOCCCCC(Br)(Br)Br. The van der Waals surface area contributed by atoms with Crippen molar-refractivity contribution in [1.29, 1.82) is 0 Å². The van der Waals surface area contributed by atoms with E-state index in [1.807, 2.05) is 0 Å². The molecule has 0 aliphatic carbocycles. The van der Waals surface area contributed by atoms with E-state index in [1.165, 1.54) is 0 Å². The standard InChI is InChI=1S/C8H13Br3O/c1-2-6-12-7-4-3-5-8(9,10)11/h2H,1,3-7H2. The molecule has 0 rings (SSSR count). The van der Waals surface area contributed by atoms with Gasteiger partial charge in [-0.1, -0.05) is 53.9 Å². The summed E-state index contributed by atoms with van der Waals surface area (Å²) in [4.78, 5) is 0. The maximum atomic E-state index is 5.23. The smallest absolute Gasteiger partial charge is 0.135 e. The summed E-state index contributed by atoms with van der Waals surface area (Å²) in [5.74, 6) is 0. The molecule has 0 atom stereocenters. The molecule has 0 saturated carbocycles. The van der Waals surface area contributed by atoms with Crippen molar-refractivity contribution in [2.75, 3.05) is 13.2 Å². The van der Waals surface area contributed by atoms with Gasteiger partial charge in [-0.25, -0.2) is 0 Å². The fourth-order valence-electron chi connectivity index (χ4n) is 0.696. The maximum Gasteiger partial charge on any atom is 0.135 e. The number of halogens is 3. The highest BCUT2D eigenvalue weighted by Gasteiger charge is 2.15. The van der Waals surface area contributed by atoms with Gasteiger partial charge in [0.05, 0.1) is 6.61 Å². The summed E-state index contributed by atoms with van der Waals surface area (Å²) in [6, 6.07) is 0. The van der Waals surface area contributed by atoms with E-state index in [0.29, 0.717) is 6.61 Å². The van der Waals surface area contributed by atoms with Crippen molar-refractivity contribution in [2.45, 2.75) is 21.4 Å². The molecular formula is C8H13Br3O. The third-order valence-corrected chi connectivity index (χ3v) is 2.42. The molecule has 0 radical (unpaired) electrons. The summed E-state index contributed by atoms with van der Waals surface area (Å²) in [6.07, 6.45) is 5.01. The van der Waals surface area contributed by atoms with Crippen molar-refractivity contribution >= 4 is 47.8 Å². The molecule has 0 fully saturated rings. The van der Waals surface area contributed by atoms with Crippen molar-refractivity contribution < 1.29 is 4.74 Å². The van der Waals surface area contributed by atoms with Crippen LogP contribution >= 0.6 is 47.8 Å². The number of ether oxygens (including phenoxy) is 1. The molecule has 0 aromatic heterocycles. The van der Waals surface area contributed by atoms with Gasteiger partial charge in [-0.3, -0.25) is 0 Å². The second-order valence-corrected chi connectivity index (χ2v) is 9.69. The van der Waals surface area contributed by atoms with E-state index in [1.54, 1.807) is 6.08 Å². The summed E-state index contributed by atoms with van der Waals surface area (Å²) in [7, 11) is 0. The zero-order valence-electron chi connectivity index (χ0n) is 6.86. The Bertz CT molecular complexity index is 120. The van der Waals surface area contributed by atoms with Crippen molar-refractivity contribution in [2.24, 2.45) is 0 Å². The first-order chi connectivity index (χ1) is 5.56. The number of hydrogen-bond acceptors (Lipinski definition) is 1. The van der Waals surface area contributed by atoms with Crippen molar-refractivity contribution in [3.05, 3.63) is 12.7 Å². The molecule has 0 aliphatic heterocycles. The van der Waals surface area contributed by atoms with Crippen LogP contribution in [0.2, 0.25) is 0 Å². The average Bonchev–Trinajstić information content (AvgIpc) is 1.94. The highest BCUT2D eigenvalue weighted by Crippen LogP contribution is 2.38. The number of alkyl halides is 3. The zero-order valence-corrected chi connectivity index (χ0v) is 11.6. The lowest BCUT2D eigenvalue weighted by atomic mass is 10.3. The topological polar surface area (TPSA) is 9.23 Å². The molecule has 0 aromatic rings. The molecule has 1 nitrogen and oxygen atoms in total. The van der Waals surface area contributed by atoms with Gasteiger partial charge < -0.3 is 4.74 Å². The van der Waals surface area contributed by atoms with Gasteiger partial charge in [0.2, 0.25) is 0 Å². The number of unbranched alkanes of at least 4 members (excludes halogenated alkanes) is 1. The van der Waals surface area contributed by atoms with E-state index < -0.39 is 0 Å². The van der Waals surface area contributed by atoms with E-state index in [4.69, 9.17) is 4.74 Å². The van der Waals surface area contributed by atoms with E-state index in [9.17, 15) is 0 Å². The van der Waals surface area contributed by atoms with Crippen LogP contribution in [0.1, 0.15) is 19.3 Å². The first kappa shape index (κ1) is 13.1. The Morgan fingerprint density at radius 2 is 1.92 bits per heavy atom. The molecule has 0 spiro atoms. The summed E-state index contributed by atoms with van der Waals surface area (Å²) >= 11 is 10.3. The molecule has 0 bridgehead atoms. The first-order valence-electron chi connectivity index (χ1n) is 3.81. The quantitative estimate of drug-likeness (QED) is 0.390. The summed E-state index contributed by atoms with van der Waals surface area (Å²) in [5.41, 5.74) is 0. The van der Waals surface area contributed by atoms with Gasteiger partial charge in [0.25, 0.3) is 0 Å². The molecule has 72 valence electrons. The Labute approximate surface area is 99.3 Å². The average molecular weight is 365 g/mol. The van der Waals surface area contributed by atoms with Crippen LogP contribution < -0.4 is 0 Å². The second-order valence-electron chi connectivity index (χ2n) is 2.44. The van der Waals surface area contributed by atoms with Crippen LogP contribution in [-0.4, -0.2) is 15.4 Å². The Kier molecular flexibility index (Phi) is 8.25. The third-order valence-electron chi connectivity index (χ3n) is 1.23. The van der Waals surface area contributed by atoms with Crippen LogP contribution in [0.15, 0.2) is 12.7 Å². The fourth-order valence-corrected chi connectivity index (χ4v) is 1.54. The van der Waals surface area contributed by atoms with Crippen LogP contribution in [0.5, 0.6) is 0 Å². The Morgan fingerprint density at radius 1 is 1.25 bits per heavy atom. The van der Waals surface area contributed by atoms with Gasteiger partial charge >= 0.3 is 0 Å². The molecular weight excluding hydrogens is 352 g/mol. The van der Waals surface area contributed by atoms with E-state index in [0.717, 1.165) is 25.9 Å². The highest BCUT2D eigenvalue weighted by atomic mass is 80.0. The predicted octanol–water partition coefficient (Wildman–Crippen LogP) is 4.20. The van der Waals surface area contributed by atoms with Gasteiger partial charge in [-0.15, -0.1) is 6.58 Å². The molecule has 0 N–H and O–H groups in total. The van der Waals surface area contributed by atoms with Gasteiger partial charge in [0.15, 0.2) is 0 Å². The van der Waals surface area contributed by atoms with Crippen molar-refractivity contribution in [1.82, 2.24) is 0 Å². The fraction of sp³-hybridized carbons (Fsp3) is 0.750. The lowest BCUT2D eigenvalue weighted by Crippen LogP contribution is -2.00. The molecule has 12 heavy (non-hydrogen) atoms. The van der Waals surface area contributed by atoms with Gasteiger partial charge in [0.1, 0.15) is 2.14 Å². The predicted molar refractivity (Wildman–Crippen MR) is 64.4 cm³/mol. The second kappa shape index (κ2) is 7.54. The van der Waals surface area contributed by atoms with E-state index in [-0.39, 0.29) is 2.14 Å². The number of rotatable bonds is 6. The van der Waals surface area contributed by atoms with Crippen molar-refractivity contribution in [3.8, 4) is 0 Å². The van der Waals surface area contributed by atoms with E-state index in [2.05, 4.69) is 54.4 Å². The normalized spacial score (nSPS) is 11.6. The summed E-state index contributed by atoms with van der Waals surface area (Å²) in [5, 5.41) is 0. The Morgan fingerprint density at radius 3 is 2.42 bits per heavy atom. The highest BCUT2D eigenvalue weighted by molar-refractivity contribution is 9.39. The van der Waals surface area contributed by atoms with Gasteiger partial charge in [-0.05, 0) is 19.3 Å². The number of hydrogen-bond donors (Lipinski definition) is 0. The first-order valence-corrected chi connectivity index (χ1v) is 6.19. The Hall–Kier alpha value is 1.14. The third kappa shape index (κ3) is 11.1. The van der Waals surface area contributed by atoms with Gasteiger partial charge in [0, 0.05) is 6.61 Å². The van der Waals surface area contributed by atoms with Crippen LogP contribution in [-0.2, 0) is 4.74 Å². The van der Waals surface area contributed by atoms with Crippen LogP contribution in [0.4, 0.5) is 0 Å². The minimum atomic E-state index is -0.0918. The van der Waals surface area contributed by atoms with Crippen LogP contribution in [0, 0.1) is 0 Å². The van der Waals surface area contributed by atoms with Gasteiger partial charge in [-0.2, -0.15) is 0 Å². The maximum absolute atomic E-state index is 5.23. The Balaban J connectivity index is 3.06. The summed E-state index contributed by atoms with van der Waals surface area (Å²) < 4.78 is 5.14. The minimum absolute atomic E-state index is 0.0918. The molecule has 0 unspecified atom stereocenters. The molecule has 4 heteroatoms. The molecule has 0 aromatic carbocycles. The minimum Gasteiger partial charge on any atom is -0.377 e. The zero-order chi connectivity index (χ0) is 9.45.